The summed E-state index contributed by atoms with van der Waals surface area (Å²) in [6.45, 7) is 10.6. The van der Waals surface area contributed by atoms with Crippen LogP contribution in [-0.2, 0) is 6.42 Å². The molecule has 0 unspecified atom stereocenters. The van der Waals surface area contributed by atoms with Crippen LogP contribution in [0.25, 0.3) is 11.4 Å². The molecule has 0 amide bonds. The number of hydrogen-bond donors (Lipinski definition) is 0. The van der Waals surface area contributed by atoms with Gasteiger partial charge in [-0.15, -0.1) is 12.4 Å². The predicted octanol–water partition coefficient (Wildman–Crippen LogP) is 5.84. The standard InChI is InChI=1S/C22H27N3OS.ClH/c1-6-25(5)12-11-18-13-17(4)20(14-16(18)3)26-22-23-21(24-27-22)19-10-8-7-9-15(19)2;/h7-10,13-14H,6,11-12H2,1-5H3;1H. The molecule has 0 aliphatic carbocycles. The molecule has 1 heterocycles. The first-order chi connectivity index (χ1) is 13.0. The fourth-order valence-corrected chi connectivity index (χ4v) is 3.53. The molecule has 3 aromatic rings. The van der Waals surface area contributed by atoms with Gasteiger partial charge in [0.2, 0.25) is 0 Å². The van der Waals surface area contributed by atoms with E-state index in [-0.39, 0.29) is 12.4 Å². The van der Waals surface area contributed by atoms with Crippen molar-refractivity contribution < 1.29 is 4.74 Å². The molecule has 0 aliphatic heterocycles. The highest BCUT2D eigenvalue weighted by Crippen LogP contribution is 2.31. The summed E-state index contributed by atoms with van der Waals surface area (Å²) in [6, 6.07) is 12.5. The molecular weight excluding hydrogens is 390 g/mol. The van der Waals surface area contributed by atoms with Gasteiger partial charge in [0.15, 0.2) is 5.82 Å². The van der Waals surface area contributed by atoms with Crippen LogP contribution in [-0.4, -0.2) is 34.4 Å². The van der Waals surface area contributed by atoms with Gasteiger partial charge in [-0.05, 0) is 69.1 Å². The van der Waals surface area contributed by atoms with Crippen LogP contribution < -0.4 is 4.74 Å². The Bertz CT molecular complexity index is 926. The van der Waals surface area contributed by atoms with Crippen molar-refractivity contribution in [3.05, 3.63) is 58.7 Å². The molecule has 28 heavy (non-hydrogen) atoms. The van der Waals surface area contributed by atoms with Crippen molar-refractivity contribution >= 4 is 23.9 Å². The Morgan fingerprint density at radius 3 is 2.50 bits per heavy atom. The van der Waals surface area contributed by atoms with Crippen molar-refractivity contribution in [3.63, 3.8) is 0 Å². The number of aryl methyl sites for hydroxylation is 3. The first-order valence-corrected chi connectivity index (χ1v) is 10.1. The molecule has 0 radical (unpaired) electrons. The maximum Gasteiger partial charge on any atom is 0.299 e. The largest absolute Gasteiger partial charge is 0.430 e. The van der Waals surface area contributed by atoms with Gasteiger partial charge < -0.3 is 9.64 Å². The third-order valence-corrected chi connectivity index (χ3v) is 5.52. The van der Waals surface area contributed by atoms with E-state index in [2.05, 4.69) is 67.2 Å². The highest BCUT2D eigenvalue weighted by Gasteiger charge is 2.13. The van der Waals surface area contributed by atoms with E-state index in [4.69, 9.17) is 4.74 Å². The van der Waals surface area contributed by atoms with Crippen LogP contribution in [0.1, 0.15) is 29.2 Å². The summed E-state index contributed by atoms with van der Waals surface area (Å²) in [5.41, 5.74) is 5.96. The van der Waals surface area contributed by atoms with Crippen molar-refractivity contribution in [1.29, 1.82) is 0 Å². The van der Waals surface area contributed by atoms with Crippen molar-refractivity contribution in [2.45, 2.75) is 34.1 Å². The van der Waals surface area contributed by atoms with E-state index in [1.807, 2.05) is 18.2 Å². The Morgan fingerprint density at radius 2 is 1.79 bits per heavy atom. The number of halogens is 1. The minimum Gasteiger partial charge on any atom is -0.430 e. The molecule has 150 valence electrons. The molecular formula is C22H28ClN3OS. The molecule has 1 aromatic heterocycles. The molecule has 6 heteroatoms. The molecule has 0 atom stereocenters. The van der Waals surface area contributed by atoms with Crippen LogP contribution >= 0.6 is 23.9 Å². The van der Waals surface area contributed by atoms with Crippen LogP contribution in [0, 0.1) is 20.8 Å². The maximum absolute atomic E-state index is 6.07. The highest BCUT2D eigenvalue weighted by atomic mass is 35.5. The topological polar surface area (TPSA) is 38.2 Å². The fourth-order valence-electron chi connectivity index (χ4n) is 2.98. The number of hydrogen-bond acceptors (Lipinski definition) is 5. The summed E-state index contributed by atoms with van der Waals surface area (Å²) in [5.74, 6) is 1.58. The third kappa shape index (κ3) is 5.31. The SMILES string of the molecule is CCN(C)CCc1cc(C)c(Oc2nc(-c3ccccc3C)ns2)cc1C.Cl. The van der Waals surface area contributed by atoms with E-state index >= 15 is 0 Å². The Hall–Kier alpha value is -1.95. The van der Waals surface area contributed by atoms with E-state index in [1.54, 1.807) is 0 Å². The summed E-state index contributed by atoms with van der Waals surface area (Å²) in [4.78, 5) is 6.91. The zero-order valence-corrected chi connectivity index (χ0v) is 18.8. The van der Waals surface area contributed by atoms with Crippen molar-refractivity contribution in [2.75, 3.05) is 20.1 Å². The molecule has 0 spiro atoms. The zero-order valence-electron chi connectivity index (χ0n) is 17.2. The van der Waals surface area contributed by atoms with Gasteiger partial charge in [-0.1, -0.05) is 37.3 Å². The zero-order chi connectivity index (χ0) is 19.4. The van der Waals surface area contributed by atoms with Gasteiger partial charge in [0.1, 0.15) is 5.75 Å². The summed E-state index contributed by atoms with van der Waals surface area (Å²) in [5, 5.41) is 0.578. The summed E-state index contributed by atoms with van der Waals surface area (Å²) < 4.78 is 10.5. The Kier molecular flexibility index (Phi) is 7.98. The summed E-state index contributed by atoms with van der Waals surface area (Å²) in [6.07, 6.45) is 1.05. The molecule has 0 N–H and O–H groups in total. The molecule has 0 bridgehead atoms. The highest BCUT2D eigenvalue weighted by molar-refractivity contribution is 7.07. The van der Waals surface area contributed by atoms with Gasteiger partial charge in [-0.2, -0.15) is 9.36 Å². The Balaban J connectivity index is 0.00000280. The van der Waals surface area contributed by atoms with Gasteiger partial charge in [-0.3, -0.25) is 0 Å². The predicted molar refractivity (Wildman–Crippen MR) is 120 cm³/mol. The smallest absolute Gasteiger partial charge is 0.299 e. The van der Waals surface area contributed by atoms with Crippen LogP contribution in [0.2, 0.25) is 0 Å². The van der Waals surface area contributed by atoms with Crippen molar-refractivity contribution in [1.82, 2.24) is 14.3 Å². The summed E-state index contributed by atoms with van der Waals surface area (Å²) in [7, 11) is 2.15. The van der Waals surface area contributed by atoms with Gasteiger partial charge in [-0.25, -0.2) is 0 Å². The molecule has 0 saturated heterocycles. The molecule has 0 saturated carbocycles. The monoisotopic (exact) mass is 417 g/mol. The number of rotatable bonds is 7. The maximum atomic E-state index is 6.07. The Labute approximate surface area is 178 Å². The molecule has 4 nitrogen and oxygen atoms in total. The second-order valence-corrected chi connectivity index (χ2v) is 7.71. The summed E-state index contributed by atoms with van der Waals surface area (Å²) >= 11 is 1.29. The van der Waals surface area contributed by atoms with Crippen LogP contribution in [0.15, 0.2) is 36.4 Å². The number of ether oxygens (including phenoxy) is 1. The van der Waals surface area contributed by atoms with Crippen molar-refractivity contribution in [2.24, 2.45) is 0 Å². The van der Waals surface area contributed by atoms with E-state index < -0.39 is 0 Å². The molecule has 3 rings (SSSR count). The number of likely N-dealkylation sites (N-methyl/N-ethyl adjacent to an activating group) is 1. The average Bonchev–Trinajstić information content (AvgIpc) is 3.11. The average molecular weight is 418 g/mol. The first kappa shape index (κ1) is 22.3. The van der Waals surface area contributed by atoms with E-state index in [9.17, 15) is 0 Å². The second kappa shape index (κ2) is 10.0. The van der Waals surface area contributed by atoms with E-state index in [0.29, 0.717) is 5.19 Å². The van der Waals surface area contributed by atoms with Gasteiger partial charge in [0, 0.05) is 23.6 Å². The number of aromatic nitrogens is 2. The van der Waals surface area contributed by atoms with Crippen LogP contribution in [0.3, 0.4) is 0 Å². The van der Waals surface area contributed by atoms with Gasteiger partial charge >= 0.3 is 0 Å². The second-order valence-electron chi connectivity index (χ2n) is 6.99. The lowest BCUT2D eigenvalue weighted by molar-refractivity contribution is 0.357. The lowest BCUT2D eigenvalue weighted by Gasteiger charge is -2.16. The van der Waals surface area contributed by atoms with Crippen LogP contribution in [0.4, 0.5) is 0 Å². The number of benzene rings is 2. The fraction of sp³-hybridized carbons (Fsp3) is 0.364. The molecule has 0 aliphatic rings. The third-order valence-electron chi connectivity index (χ3n) is 4.93. The van der Waals surface area contributed by atoms with Gasteiger partial charge in [0.05, 0.1) is 0 Å². The van der Waals surface area contributed by atoms with Gasteiger partial charge in [0.25, 0.3) is 5.19 Å². The lowest BCUT2D eigenvalue weighted by Crippen LogP contribution is -2.20. The number of nitrogens with zero attached hydrogens (tertiary/aromatic N) is 3. The normalized spacial score (nSPS) is 10.8. The lowest BCUT2D eigenvalue weighted by atomic mass is 10.0. The van der Waals surface area contributed by atoms with Crippen molar-refractivity contribution in [3.8, 4) is 22.3 Å². The quantitative estimate of drug-likeness (QED) is 0.484. The minimum absolute atomic E-state index is 0. The molecule has 2 aromatic carbocycles. The molecule has 0 fully saturated rings. The Morgan fingerprint density at radius 1 is 1.04 bits per heavy atom. The minimum atomic E-state index is 0. The van der Waals surface area contributed by atoms with Crippen LogP contribution in [0.5, 0.6) is 10.9 Å². The van der Waals surface area contributed by atoms with E-state index in [0.717, 1.165) is 47.8 Å². The first-order valence-electron chi connectivity index (χ1n) is 9.34. The van der Waals surface area contributed by atoms with E-state index in [1.165, 1.54) is 22.7 Å².